The first-order chi connectivity index (χ1) is 30.2. The van der Waals surface area contributed by atoms with Crippen LogP contribution in [0.3, 0.4) is 0 Å². The van der Waals surface area contributed by atoms with Gasteiger partial charge in [0.2, 0.25) is 0 Å². The van der Waals surface area contributed by atoms with Crippen LogP contribution in [0.4, 0.5) is 0 Å². The molecular formula is C52H36N8S2. The summed E-state index contributed by atoms with van der Waals surface area (Å²) in [6.45, 7) is 9.19. The number of fused-ring (bicyclic) bond motifs is 7. The van der Waals surface area contributed by atoms with Crippen LogP contribution in [0.25, 0.3) is 98.6 Å². The highest BCUT2D eigenvalue weighted by atomic mass is 32.1. The van der Waals surface area contributed by atoms with E-state index in [0.29, 0.717) is 27.1 Å². The molecule has 10 heteroatoms. The van der Waals surface area contributed by atoms with Crippen molar-refractivity contribution in [3.63, 3.8) is 0 Å². The molecule has 0 bridgehead atoms. The molecule has 0 saturated heterocycles. The fraction of sp³-hybridized carbons (Fsp3) is 0.115. The molecule has 0 aliphatic heterocycles. The lowest BCUT2D eigenvalue weighted by Crippen LogP contribution is -2.14. The smallest absolute Gasteiger partial charge is 0.166 e. The van der Waals surface area contributed by atoms with Crippen molar-refractivity contribution in [3.05, 3.63) is 168 Å². The van der Waals surface area contributed by atoms with Crippen molar-refractivity contribution in [1.82, 2.24) is 40.3 Å². The first kappa shape index (κ1) is 36.7. The summed E-state index contributed by atoms with van der Waals surface area (Å²) in [5.41, 5.74) is 17.8. The Bertz CT molecular complexity index is 3230. The molecule has 0 fully saturated rings. The van der Waals surface area contributed by atoms with E-state index in [1.807, 2.05) is 48.5 Å². The molecule has 6 heterocycles. The number of nitrogens with zero attached hydrogens (tertiary/aromatic N) is 8. The van der Waals surface area contributed by atoms with Crippen molar-refractivity contribution in [2.45, 2.75) is 38.5 Å². The van der Waals surface area contributed by atoms with Gasteiger partial charge in [-0.15, -0.1) is 20.4 Å². The standard InChI is InChI=1S/C52H36N8S2/c1-51(2)36-13-7-5-11-32(36)34-23-19-30(27-38(34)51)40-15-9-17-42(53-40)47-57-59-49(61-47)44-25-21-29-22-26-45(56-46(29)55-44)50-60-58-48(62-50)43-18-10-16-41(54-43)31-20-24-35-33-12-6-8-14-37(33)52(3,4)39(35)28-31/h5-28H,1-4H3. The summed E-state index contributed by atoms with van der Waals surface area (Å²) in [6, 6.07) is 50.9. The van der Waals surface area contributed by atoms with Gasteiger partial charge in [0.1, 0.15) is 22.8 Å². The second kappa shape index (κ2) is 13.7. The number of rotatable bonds is 6. The predicted octanol–water partition coefficient (Wildman–Crippen LogP) is 12.7. The summed E-state index contributed by atoms with van der Waals surface area (Å²) >= 11 is 2.93. The van der Waals surface area contributed by atoms with Crippen molar-refractivity contribution >= 4 is 33.7 Å². The van der Waals surface area contributed by atoms with Gasteiger partial charge in [0.15, 0.2) is 25.7 Å². The molecule has 0 spiro atoms. The van der Waals surface area contributed by atoms with Gasteiger partial charge in [0.25, 0.3) is 0 Å². The molecule has 296 valence electrons. The van der Waals surface area contributed by atoms with Crippen molar-refractivity contribution < 1.29 is 0 Å². The van der Waals surface area contributed by atoms with Crippen molar-refractivity contribution in [1.29, 1.82) is 0 Å². The third kappa shape index (κ3) is 5.78. The Morgan fingerprint density at radius 2 is 0.726 bits per heavy atom. The molecule has 0 N–H and O–H groups in total. The van der Waals surface area contributed by atoms with Gasteiger partial charge < -0.3 is 0 Å². The lowest BCUT2D eigenvalue weighted by Gasteiger charge is -2.21. The lowest BCUT2D eigenvalue weighted by molar-refractivity contribution is 0.660. The highest BCUT2D eigenvalue weighted by Gasteiger charge is 2.36. The number of hydrogen-bond donors (Lipinski definition) is 0. The Balaban J connectivity index is 0.800. The van der Waals surface area contributed by atoms with E-state index in [1.54, 1.807) is 0 Å². The Hall–Kier alpha value is -7.14. The lowest BCUT2D eigenvalue weighted by atomic mass is 9.82. The van der Waals surface area contributed by atoms with E-state index in [-0.39, 0.29) is 10.8 Å². The third-order valence-electron chi connectivity index (χ3n) is 12.5. The van der Waals surface area contributed by atoms with Crippen molar-refractivity contribution in [3.8, 4) is 87.6 Å². The van der Waals surface area contributed by atoms with Crippen LogP contribution in [0, 0.1) is 0 Å². The van der Waals surface area contributed by atoms with Crippen LogP contribution >= 0.6 is 22.7 Å². The van der Waals surface area contributed by atoms with Crippen molar-refractivity contribution in [2.24, 2.45) is 0 Å². The minimum absolute atomic E-state index is 0.0866. The zero-order valence-corrected chi connectivity index (χ0v) is 35.9. The summed E-state index contributed by atoms with van der Waals surface area (Å²) in [7, 11) is 0. The number of aromatic nitrogens is 8. The Kier molecular flexibility index (Phi) is 8.10. The van der Waals surface area contributed by atoms with Gasteiger partial charge in [0.05, 0.1) is 11.4 Å². The van der Waals surface area contributed by atoms with E-state index in [2.05, 4.69) is 145 Å². The molecule has 0 unspecified atom stereocenters. The van der Waals surface area contributed by atoms with Crippen LogP contribution in [0.15, 0.2) is 146 Å². The van der Waals surface area contributed by atoms with Crippen LogP contribution < -0.4 is 0 Å². The zero-order chi connectivity index (χ0) is 41.7. The molecule has 2 aliphatic carbocycles. The highest BCUT2D eigenvalue weighted by Crippen LogP contribution is 2.51. The van der Waals surface area contributed by atoms with E-state index < -0.39 is 0 Å². The molecule has 10 aromatic rings. The fourth-order valence-corrected chi connectivity index (χ4v) is 10.8. The van der Waals surface area contributed by atoms with Gasteiger partial charge in [-0.25, -0.2) is 19.9 Å². The van der Waals surface area contributed by atoms with Gasteiger partial charge in [-0.2, -0.15) is 0 Å². The maximum Gasteiger partial charge on any atom is 0.166 e. The van der Waals surface area contributed by atoms with Crippen LogP contribution in [0.2, 0.25) is 0 Å². The first-order valence-corrected chi connectivity index (χ1v) is 22.2. The van der Waals surface area contributed by atoms with E-state index in [9.17, 15) is 0 Å². The average Bonchev–Trinajstić information content (AvgIpc) is 4.10. The summed E-state index contributed by atoms with van der Waals surface area (Å²) in [4.78, 5) is 20.0. The van der Waals surface area contributed by atoms with Gasteiger partial charge >= 0.3 is 0 Å². The predicted molar refractivity (Wildman–Crippen MR) is 250 cm³/mol. The van der Waals surface area contributed by atoms with Crippen LogP contribution in [0.1, 0.15) is 49.9 Å². The monoisotopic (exact) mass is 836 g/mol. The van der Waals surface area contributed by atoms with E-state index in [4.69, 9.17) is 19.9 Å². The minimum Gasteiger partial charge on any atom is -0.245 e. The summed E-state index contributed by atoms with van der Waals surface area (Å²) < 4.78 is 0. The second-order valence-corrected chi connectivity index (χ2v) is 18.9. The second-order valence-electron chi connectivity index (χ2n) is 16.9. The molecule has 0 atom stereocenters. The molecule has 2 aliphatic rings. The SMILES string of the molecule is CC1(C)c2ccccc2-c2ccc(-c3cccc(-c4nnc(-c5ccc6ccc(-c7nnc(-c8cccc(-c9ccc%10c(c9)C(C)(C)c9ccccc9-%10)n8)s7)nc6n5)s4)n3)cc21. The zero-order valence-electron chi connectivity index (χ0n) is 34.3. The number of pyridine rings is 4. The van der Waals surface area contributed by atoms with E-state index in [0.717, 1.165) is 49.3 Å². The Morgan fingerprint density at radius 3 is 1.18 bits per heavy atom. The molecule has 4 aromatic carbocycles. The highest BCUT2D eigenvalue weighted by molar-refractivity contribution is 7.18. The summed E-state index contributed by atoms with van der Waals surface area (Å²) in [6.07, 6.45) is 0. The normalized spacial score (nSPS) is 14.1. The Morgan fingerprint density at radius 1 is 0.339 bits per heavy atom. The molecule has 62 heavy (non-hydrogen) atoms. The molecular weight excluding hydrogens is 801 g/mol. The van der Waals surface area contributed by atoms with Crippen LogP contribution in [-0.4, -0.2) is 40.3 Å². The van der Waals surface area contributed by atoms with E-state index in [1.165, 1.54) is 67.2 Å². The number of benzene rings is 4. The topological polar surface area (TPSA) is 103 Å². The van der Waals surface area contributed by atoms with Crippen molar-refractivity contribution in [2.75, 3.05) is 0 Å². The van der Waals surface area contributed by atoms with Gasteiger partial charge in [-0.1, -0.05) is 135 Å². The molecule has 0 radical (unpaired) electrons. The first-order valence-electron chi connectivity index (χ1n) is 20.6. The van der Waals surface area contributed by atoms with Crippen LogP contribution in [-0.2, 0) is 10.8 Å². The third-order valence-corrected chi connectivity index (χ3v) is 14.5. The molecule has 6 aromatic heterocycles. The summed E-state index contributed by atoms with van der Waals surface area (Å²) in [5, 5.41) is 22.0. The van der Waals surface area contributed by atoms with Gasteiger partial charge in [-0.3, -0.25) is 0 Å². The fourth-order valence-electron chi connectivity index (χ4n) is 9.25. The quantitative estimate of drug-likeness (QED) is 0.163. The Labute approximate surface area is 366 Å². The van der Waals surface area contributed by atoms with Crippen LogP contribution in [0.5, 0.6) is 0 Å². The molecule has 8 nitrogen and oxygen atoms in total. The molecule has 12 rings (SSSR count). The number of hydrogen-bond acceptors (Lipinski definition) is 10. The average molecular weight is 837 g/mol. The van der Waals surface area contributed by atoms with Gasteiger partial charge in [0, 0.05) is 27.3 Å². The maximum absolute atomic E-state index is 5.07. The maximum atomic E-state index is 5.07. The molecule has 0 amide bonds. The minimum atomic E-state index is -0.0866. The largest absolute Gasteiger partial charge is 0.245 e. The van der Waals surface area contributed by atoms with Gasteiger partial charge in [-0.05, 0) is 105 Å². The summed E-state index contributed by atoms with van der Waals surface area (Å²) in [5.74, 6) is 0. The van der Waals surface area contributed by atoms with E-state index >= 15 is 0 Å². The molecule has 0 saturated carbocycles.